The number of guanidine groups is 1. The molecule has 0 aliphatic carbocycles. The number of ether oxygens (including phenoxy) is 2. The Morgan fingerprint density at radius 2 is 1.94 bits per heavy atom. The van der Waals surface area contributed by atoms with Crippen LogP contribution >= 0.6 is 0 Å². The van der Waals surface area contributed by atoms with Gasteiger partial charge in [0.1, 0.15) is 11.9 Å². The Labute approximate surface area is 186 Å². The molecule has 1 fully saturated rings. The molecule has 2 atom stereocenters. The number of imide groups is 1. The Kier molecular flexibility index (Phi) is 7.21. The predicted molar refractivity (Wildman–Crippen MR) is 118 cm³/mol. The van der Waals surface area contributed by atoms with E-state index in [2.05, 4.69) is 15.5 Å². The summed E-state index contributed by atoms with van der Waals surface area (Å²) in [6.45, 7) is 3.90. The second kappa shape index (κ2) is 9.88. The number of rotatable bonds is 8. The molecule has 32 heavy (non-hydrogen) atoms. The molecule has 3 amide bonds. The first kappa shape index (κ1) is 23.4. The van der Waals surface area contributed by atoms with Crippen LogP contribution < -0.4 is 10.2 Å². The highest BCUT2D eigenvalue weighted by atomic mass is 16.5. The number of likely N-dealkylation sites (N-methyl/N-ethyl adjacent to an activating group) is 2. The zero-order chi connectivity index (χ0) is 23.4. The van der Waals surface area contributed by atoms with Crippen LogP contribution in [0.3, 0.4) is 0 Å². The van der Waals surface area contributed by atoms with Crippen LogP contribution in [0.1, 0.15) is 19.4 Å². The van der Waals surface area contributed by atoms with Gasteiger partial charge in [0.25, 0.3) is 5.91 Å². The maximum Gasteiger partial charge on any atom is 0.414 e. The zero-order valence-electron chi connectivity index (χ0n) is 18.8. The average molecular weight is 446 g/mol. The third kappa shape index (κ3) is 4.94. The molecule has 1 aromatic rings. The van der Waals surface area contributed by atoms with E-state index in [1.54, 1.807) is 24.9 Å². The number of hydrogen-bond donors (Lipinski definition) is 2. The smallest absolute Gasteiger partial charge is 0.414 e. The molecule has 0 radical (unpaired) electrons. The van der Waals surface area contributed by atoms with Crippen molar-refractivity contribution in [2.45, 2.75) is 32.1 Å². The monoisotopic (exact) mass is 445 g/mol. The van der Waals surface area contributed by atoms with Gasteiger partial charge in [-0.25, -0.2) is 9.37 Å². The molecule has 0 bridgehead atoms. The van der Waals surface area contributed by atoms with E-state index in [9.17, 15) is 14.7 Å². The number of nitrogens with zero attached hydrogens (tertiary/aromatic N) is 5. The van der Waals surface area contributed by atoms with E-state index in [0.29, 0.717) is 0 Å². The molecule has 1 aromatic carbocycles. The van der Waals surface area contributed by atoms with E-state index < -0.39 is 24.1 Å². The lowest BCUT2D eigenvalue weighted by molar-refractivity contribution is -0.546. The highest BCUT2D eigenvalue weighted by molar-refractivity contribution is 6.22. The molecule has 11 heteroatoms. The van der Waals surface area contributed by atoms with Gasteiger partial charge < -0.3 is 14.6 Å². The first-order valence-electron chi connectivity index (χ1n) is 10.2. The summed E-state index contributed by atoms with van der Waals surface area (Å²) in [4.78, 5) is 32.0. The number of amides is 3. The molecule has 1 saturated heterocycles. The van der Waals surface area contributed by atoms with Gasteiger partial charge in [-0.15, -0.1) is 5.10 Å². The summed E-state index contributed by atoms with van der Waals surface area (Å²) in [6, 6.07) is 5.97. The van der Waals surface area contributed by atoms with E-state index in [0.717, 1.165) is 16.2 Å². The third-order valence-electron chi connectivity index (χ3n) is 5.05. The van der Waals surface area contributed by atoms with Crippen LogP contribution in [-0.4, -0.2) is 102 Å². The Morgan fingerprint density at radius 1 is 1.25 bits per heavy atom. The SMILES string of the molecule is COc1ccc(/C=N/NC2=[N+](CC(O)COC(C)C)C3C(=O)N(C)C(=O)N(C)C3=N2)cc1. The summed E-state index contributed by atoms with van der Waals surface area (Å²) in [5.41, 5.74) is 3.66. The van der Waals surface area contributed by atoms with E-state index in [1.165, 1.54) is 11.9 Å². The van der Waals surface area contributed by atoms with Gasteiger partial charge in [0, 0.05) is 14.1 Å². The highest BCUT2D eigenvalue weighted by Crippen LogP contribution is 2.19. The third-order valence-corrected chi connectivity index (χ3v) is 5.05. The molecule has 0 aromatic heterocycles. The molecule has 2 aliphatic rings. The van der Waals surface area contributed by atoms with Gasteiger partial charge in [-0.3, -0.25) is 14.6 Å². The van der Waals surface area contributed by atoms with Crippen molar-refractivity contribution in [1.29, 1.82) is 0 Å². The van der Waals surface area contributed by atoms with Crippen LogP contribution in [0.15, 0.2) is 34.4 Å². The van der Waals surface area contributed by atoms with Crippen molar-refractivity contribution in [1.82, 2.24) is 15.2 Å². The number of nitrogens with one attached hydrogen (secondary N) is 1. The molecule has 0 saturated carbocycles. The maximum atomic E-state index is 12.9. The van der Waals surface area contributed by atoms with Gasteiger partial charge in [-0.2, -0.15) is 5.43 Å². The Morgan fingerprint density at radius 3 is 2.56 bits per heavy atom. The zero-order valence-corrected chi connectivity index (χ0v) is 18.8. The minimum absolute atomic E-state index is 0.0445. The molecule has 2 unspecified atom stereocenters. The molecule has 3 rings (SSSR count). The average Bonchev–Trinajstić information content (AvgIpc) is 3.13. The standard InChI is InChI=1S/C21H28N6O5/c1-13(2)32-12-15(28)11-27-17-18(25(3)21(30)26(4)19(17)29)23-20(27)24-22-10-14-6-8-16(31-5)9-7-14/h6-10,13,15,17,28H,11-12H2,1-5H3/p+1/b22-10+. The lowest BCUT2D eigenvalue weighted by Gasteiger charge is -2.32. The number of hydrazone groups is 1. The molecule has 2 aliphatic heterocycles. The fourth-order valence-corrected chi connectivity index (χ4v) is 3.32. The maximum absolute atomic E-state index is 12.9. The van der Waals surface area contributed by atoms with Crippen molar-refractivity contribution in [3.8, 4) is 5.75 Å². The number of methoxy groups -OCH3 is 1. The summed E-state index contributed by atoms with van der Waals surface area (Å²) in [6.07, 6.45) is 0.667. The molecule has 11 nitrogen and oxygen atoms in total. The van der Waals surface area contributed by atoms with Crippen LogP contribution in [0.25, 0.3) is 0 Å². The number of aliphatic imine (C=N–C) groups is 1. The van der Waals surface area contributed by atoms with E-state index in [4.69, 9.17) is 9.47 Å². The van der Waals surface area contributed by atoms with Crippen molar-refractivity contribution < 1.29 is 28.7 Å². The first-order chi connectivity index (χ1) is 15.2. The molecule has 0 spiro atoms. The normalized spacial score (nSPS) is 19.7. The van der Waals surface area contributed by atoms with Crippen LogP contribution in [-0.2, 0) is 9.53 Å². The van der Waals surface area contributed by atoms with Gasteiger partial charge in [0.15, 0.2) is 0 Å². The minimum atomic E-state index is -0.879. The summed E-state index contributed by atoms with van der Waals surface area (Å²) < 4.78 is 12.2. The first-order valence-corrected chi connectivity index (χ1v) is 10.2. The summed E-state index contributed by atoms with van der Waals surface area (Å²) in [5, 5.41) is 14.7. The largest absolute Gasteiger partial charge is 0.497 e. The van der Waals surface area contributed by atoms with Crippen LogP contribution in [0.5, 0.6) is 5.75 Å². The number of benzene rings is 1. The van der Waals surface area contributed by atoms with E-state index in [-0.39, 0.29) is 31.1 Å². The second-order valence-corrected chi connectivity index (χ2v) is 7.77. The number of aliphatic hydroxyl groups is 1. The number of urea groups is 1. The minimum Gasteiger partial charge on any atom is -0.497 e. The fourth-order valence-electron chi connectivity index (χ4n) is 3.32. The molecular weight excluding hydrogens is 416 g/mol. The van der Waals surface area contributed by atoms with Crippen LogP contribution in [0.2, 0.25) is 0 Å². The summed E-state index contributed by atoms with van der Waals surface area (Å²) in [7, 11) is 4.56. The number of carbonyl (C=O) groups is 2. The van der Waals surface area contributed by atoms with Gasteiger partial charge in [-0.05, 0) is 43.7 Å². The van der Waals surface area contributed by atoms with Crippen molar-refractivity contribution in [3.05, 3.63) is 29.8 Å². The van der Waals surface area contributed by atoms with Crippen LogP contribution in [0.4, 0.5) is 4.79 Å². The Hall–Kier alpha value is -3.31. The molecular formula is C21H29N6O5+. The Balaban J connectivity index is 1.85. The summed E-state index contributed by atoms with van der Waals surface area (Å²) in [5.74, 6) is 0.827. The predicted octanol–water partition coefficient (Wildman–Crippen LogP) is 0.0776. The number of amidine groups is 1. The number of carbonyl (C=O) groups excluding carboxylic acids is 2. The highest BCUT2D eigenvalue weighted by Gasteiger charge is 2.51. The Bertz CT molecular complexity index is 956. The second-order valence-electron chi connectivity index (χ2n) is 7.77. The summed E-state index contributed by atoms with van der Waals surface area (Å²) >= 11 is 0. The number of fused-ring (bicyclic) bond motifs is 1. The lowest BCUT2D eigenvalue weighted by Crippen LogP contribution is -2.62. The van der Waals surface area contributed by atoms with Gasteiger partial charge in [0.2, 0.25) is 11.9 Å². The van der Waals surface area contributed by atoms with Gasteiger partial charge in [0.05, 0.1) is 32.6 Å². The topological polar surface area (TPSA) is 119 Å². The number of aliphatic hydroxyl groups excluding tert-OH is 1. The quantitative estimate of drug-likeness (QED) is 0.332. The molecule has 2 heterocycles. The van der Waals surface area contributed by atoms with E-state index in [1.807, 2.05) is 38.1 Å². The van der Waals surface area contributed by atoms with Crippen molar-refractivity contribution >= 4 is 29.9 Å². The van der Waals surface area contributed by atoms with Gasteiger partial charge >= 0.3 is 12.0 Å². The van der Waals surface area contributed by atoms with Gasteiger partial charge in [-0.1, -0.05) is 4.99 Å². The lowest BCUT2D eigenvalue weighted by atomic mass is 10.1. The van der Waals surface area contributed by atoms with Crippen molar-refractivity contribution in [2.75, 3.05) is 34.4 Å². The van der Waals surface area contributed by atoms with E-state index >= 15 is 0 Å². The number of β-amino-alcohol motifs (C(OH)–C–C–N with tert-alkyl or cyclic N) is 1. The number of hydrogen-bond acceptors (Lipinski definition) is 8. The fraction of sp³-hybridized carbons (Fsp3) is 0.476. The van der Waals surface area contributed by atoms with Crippen molar-refractivity contribution in [2.24, 2.45) is 10.1 Å². The van der Waals surface area contributed by atoms with Crippen LogP contribution in [0, 0.1) is 0 Å². The molecule has 2 N–H and O–H groups in total. The van der Waals surface area contributed by atoms with Crippen molar-refractivity contribution in [3.63, 3.8) is 0 Å². The molecule has 172 valence electrons.